The van der Waals surface area contributed by atoms with Gasteiger partial charge in [0, 0.05) is 32.2 Å². The summed E-state index contributed by atoms with van der Waals surface area (Å²) >= 11 is 0. The Morgan fingerprint density at radius 1 is 1.10 bits per heavy atom. The number of nitrogens with zero attached hydrogens (tertiary/aromatic N) is 2. The van der Waals surface area contributed by atoms with E-state index >= 15 is 0 Å². The molecule has 0 N–H and O–H groups in total. The summed E-state index contributed by atoms with van der Waals surface area (Å²) in [5.74, 6) is 0.265. The van der Waals surface area contributed by atoms with E-state index in [1.54, 1.807) is 4.31 Å². The zero-order chi connectivity index (χ0) is 14.6. The molecule has 0 amide bonds. The van der Waals surface area contributed by atoms with Crippen molar-refractivity contribution in [3.8, 4) is 0 Å². The number of hydrogen-bond acceptors (Lipinski definition) is 3. The fourth-order valence-electron chi connectivity index (χ4n) is 2.70. The predicted octanol–water partition coefficient (Wildman–Crippen LogP) is 2.11. The molecule has 20 heavy (non-hydrogen) atoms. The van der Waals surface area contributed by atoms with Crippen LogP contribution in [0.5, 0.6) is 0 Å². The van der Waals surface area contributed by atoms with E-state index in [1.807, 2.05) is 25.1 Å². The van der Waals surface area contributed by atoms with E-state index in [0.717, 1.165) is 13.1 Å². The van der Waals surface area contributed by atoms with Crippen molar-refractivity contribution in [3.05, 3.63) is 35.9 Å². The molecule has 0 saturated carbocycles. The molecular weight excluding hydrogens is 272 g/mol. The van der Waals surface area contributed by atoms with Crippen LogP contribution in [0.3, 0.4) is 0 Å². The first kappa shape index (κ1) is 15.5. The molecule has 1 fully saturated rings. The maximum absolute atomic E-state index is 12.0. The van der Waals surface area contributed by atoms with E-state index in [9.17, 15) is 8.42 Å². The second-order valence-corrected chi connectivity index (χ2v) is 7.43. The molecule has 1 unspecified atom stereocenters. The first-order valence-corrected chi connectivity index (χ1v) is 8.92. The Balaban J connectivity index is 1.95. The number of hydrogen-bond donors (Lipinski definition) is 0. The SMILES string of the molecule is CCCS(=O)(=O)N1CCN(C(C)c2ccccc2)CC1. The smallest absolute Gasteiger partial charge is 0.214 e. The second-order valence-electron chi connectivity index (χ2n) is 5.34. The highest BCUT2D eigenvalue weighted by Crippen LogP contribution is 2.22. The summed E-state index contributed by atoms with van der Waals surface area (Å²) in [5.41, 5.74) is 1.29. The standard InChI is InChI=1S/C15H24N2O2S/c1-3-13-20(18,19)17-11-9-16(10-12-17)14(2)15-7-5-4-6-8-15/h4-8,14H,3,9-13H2,1-2H3. The number of benzene rings is 1. The molecule has 1 aromatic rings. The van der Waals surface area contributed by atoms with E-state index in [0.29, 0.717) is 25.6 Å². The number of piperazine rings is 1. The highest BCUT2D eigenvalue weighted by molar-refractivity contribution is 7.89. The van der Waals surface area contributed by atoms with E-state index in [-0.39, 0.29) is 5.75 Å². The molecule has 1 aromatic carbocycles. The summed E-state index contributed by atoms with van der Waals surface area (Å²) in [6, 6.07) is 10.7. The minimum atomic E-state index is -3.04. The Morgan fingerprint density at radius 3 is 2.25 bits per heavy atom. The highest BCUT2D eigenvalue weighted by atomic mass is 32.2. The summed E-state index contributed by atoms with van der Waals surface area (Å²) in [5, 5.41) is 0. The minimum absolute atomic E-state index is 0.265. The fourth-order valence-corrected chi connectivity index (χ4v) is 4.19. The Kier molecular flexibility index (Phi) is 5.18. The lowest BCUT2D eigenvalue weighted by Gasteiger charge is -2.37. The first-order valence-electron chi connectivity index (χ1n) is 7.31. The van der Waals surface area contributed by atoms with Gasteiger partial charge in [-0.3, -0.25) is 4.90 Å². The first-order chi connectivity index (χ1) is 9.54. The Morgan fingerprint density at radius 2 is 1.70 bits per heavy atom. The van der Waals surface area contributed by atoms with Gasteiger partial charge >= 0.3 is 0 Å². The van der Waals surface area contributed by atoms with Crippen LogP contribution in [0.2, 0.25) is 0 Å². The summed E-state index contributed by atoms with van der Waals surface area (Å²) in [6.45, 7) is 6.92. The summed E-state index contributed by atoms with van der Waals surface area (Å²) in [4.78, 5) is 2.35. The quantitative estimate of drug-likeness (QED) is 0.835. The number of rotatable bonds is 5. The molecule has 0 spiro atoms. The van der Waals surface area contributed by atoms with Gasteiger partial charge in [-0.2, -0.15) is 4.31 Å². The maximum atomic E-state index is 12.0. The van der Waals surface area contributed by atoms with Gasteiger partial charge in [0.2, 0.25) is 10.0 Å². The molecule has 1 aliphatic rings. The third-order valence-corrected chi connectivity index (χ3v) is 6.03. The average molecular weight is 296 g/mol. The van der Waals surface area contributed by atoms with Gasteiger partial charge in [0.05, 0.1) is 5.75 Å². The van der Waals surface area contributed by atoms with Crippen molar-refractivity contribution in [1.82, 2.24) is 9.21 Å². The largest absolute Gasteiger partial charge is 0.294 e. The van der Waals surface area contributed by atoms with Crippen molar-refractivity contribution in [3.63, 3.8) is 0 Å². The maximum Gasteiger partial charge on any atom is 0.214 e. The third kappa shape index (κ3) is 3.59. The van der Waals surface area contributed by atoms with Crippen LogP contribution >= 0.6 is 0 Å². The molecule has 5 heteroatoms. The fraction of sp³-hybridized carbons (Fsp3) is 0.600. The van der Waals surface area contributed by atoms with Gasteiger partial charge in [-0.15, -0.1) is 0 Å². The van der Waals surface area contributed by atoms with Gasteiger partial charge in [0.15, 0.2) is 0 Å². The molecule has 1 saturated heterocycles. The Hall–Kier alpha value is -0.910. The van der Waals surface area contributed by atoms with Crippen LogP contribution in [0.15, 0.2) is 30.3 Å². The molecule has 0 aromatic heterocycles. The van der Waals surface area contributed by atoms with Crippen molar-refractivity contribution >= 4 is 10.0 Å². The van der Waals surface area contributed by atoms with E-state index in [1.165, 1.54) is 5.56 Å². The lowest BCUT2D eigenvalue weighted by molar-refractivity contribution is 0.146. The zero-order valence-electron chi connectivity index (χ0n) is 12.3. The molecule has 2 rings (SSSR count). The molecule has 0 bridgehead atoms. The second kappa shape index (κ2) is 6.70. The van der Waals surface area contributed by atoms with E-state index < -0.39 is 10.0 Å². The lowest BCUT2D eigenvalue weighted by atomic mass is 10.1. The van der Waals surface area contributed by atoms with Crippen molar-refractivity contribution in [2.24, 2.45) is 0 Å². The molecule has 1 atom stereocenters. The lowest BCUT2D eigenvalue weighted by Crippen LogP contribution is -2.49. The van der Waals surface area contributed by atoms with Gasteiger partial charge in [-0.05, 0) is 18.9 Å². The highest BCUT2D eigenvalue weighted by Gasteiger charge is 2.28. The van der Waals surface area contributed by atoms with Crippen molar-refractivity contribution in [2.45, 2.75) is 26.3 Å². The molecule has 1 aliphatic heterocycles. The van der Waals surface area contributed by atoms with Gasteiger partial charge < -0.3 is 0 Å². The van der Waals surface area contributed by atoms with Crippen LogP contribution < -0.4 is 0 Å². The predicted molar refractivity (Wildman–Crippen MR) is 82.1 cm³/mol. The Bertz CT molecular complexity index is 508. The van der Waals surface area contributed by atoms with Crippen molar-refractivity contribution in [2.75, 3.05) is 31.9 Å². The van der Waals surface area contributed by atoms with Crippen LogP contribution in [0.25, 0.3) is 0 Å². The van der Waals surface area contributed by atoms with Crippen molar-refractivity contribution < 1.29 is 8.42 Å². The van der Waals surface area contributed by atoms with Crippen LogP contribution in [0.4, 0.5) is 0 Å². The molecule has 4 nitrogen and oxygen atoms in total. The van der Waals surface area contributed by atoms with Crippen LogP contribution in [-0.2, 0) is 10.0 Å². The summed E-state index contributed by atoms with van der Waals surface area (Å²) < 4.78 is 25.7. The molecule has 0 radical (unpaired) electrons. The van der Waals surface area contributed by atoms with Gasteiger partial charge in [-0.1, -0.05) is 37.3 Å². The molecular formula is C15H24N2O2S. The van der Waals surface area contributed by atoms with Crippen molar-refractivity contribution in [1.29, 1.82) is 0 Å². The monoisotopic (exact) mass is 296 g/mol. The summed E-state index contributed by atoms with van der Waals surface area (Å²) in [7, 11) is -3.04. The molecule has 1 heterocycles. The van der Waals surface area contributed by atoms with Crippen LogP contribution in [0, 0.1) is 0 Å². The van der Waals surface area contributed by atoms with Crippen LogP contribution in [-0.4, -0.2) is 49.6 Å². The van der Waals surface area contributed by atoms with Gasteiger partial charge in [-0.25, -0.2) is 8.42 Å². The summed E-state index contributed by atoms with van der Waals surface area (Å²) in [6.07, 6.45) is 0.683. The average Bonchev–Trinajstić information content (AvgIpc) is 2.47. The zero-order valence-corrected chi connectivity index (χ0v) is 13.1. The molecule has 112 valence electrons. The van der Waals surface area contributed by atoms with Gasteiger partial charge in [0.1, 0.15) is 0 Å². The van der Waals surface area contributed by atoms with Gasteiger partial charge in [0.25, 0.3) is 0 Å². The number of sulfonamides is 1. The van der Waals surface area contributed by atoms with E-state index in [2.05, 4.69) is 24.0 Å². The van der Waals surface area contributed by atoms with Crippen LogP contribution in [0.1, 0.15) is 31.9 Å². The van der Waals surface area contributed by atoms with E-state index in [4.69, 9.17) is 0 Å². The normalized spacial score (nSPS) is 19.9. The minimum Gasteiger partial charge on any atom is -0.294 e. The Labute approximate surface area is 122 Å². The topological polar surface area (TPSA) is 40.6 Å². The molecule has 0 aliphatic carbocycles. The third-order valence-electron chi connectivity index (χ3n) is 3.96.